The normalized spacial score (nSPS) is 10.6. The van der Waals surface area contributed by atoms with E-state index in [4.69, 9.17) is 4.55 Å². The lowest BCUT2D eigenvalue weighted by molar-refractivity contribution is 0.480. The number of hydrogen-bond acceptors (Lipinski definition) is 2. The molecule has 0 spiro atoms. The Balaban J connectivity index is 0. The van der Waals surface area contributed by atoms with Crippen molar-refractivity contribution in [2.24, 2.45) is 0 Å². The van der Waals surface area contributed by atoms with Crippen LogP contribution in [0.3, 0.4) is 0 Å². The van der Waals surface area contributed by atoms with Gasteiger partial charge in [-0.3, -0.25) is 4.55 Å². The summed E-state index contributed by atoms with van der Waals surface area (Å²) in [6, 6.07) is 0. The Morgan fingerprint density at radius 1 is 1.30 bits per heavy atom. The van der Waals surface area contributed by atoms with Crippen LogP contribution in [0.1, 0.15) is 26.2 Å². The molecule has 0 heterocycles. The third kappa shape index (κ3) is 11.3. The van der Waals surface area contributed by atoms with Gasteiger partial charge in [-0.1, -0.05) is 19.8 Å². The largest absolute Gasteiger partial charge is 0.286 e. The lowest BCUT2D eigenvalue weighted by atomic mass is 10.3. The molecule has 0 aliphatic carbocycles. The van der Waals surface area contributed by atoms with Gasteiger partial charge in [-0.05, 0) is 6.42 Å². The Bertz CT molecular complexity index is 152. The predicted molar refractivity (Wildman–Crippen MR) is 45.9 cm³/mol. The molecule has 0 aromatic carbocycles. The van der Waals surface area contributed by atoms with Gasteiger partial charge < -0.3 is 0 Å². The van der Waals surface area contributed by atoms with Gasteiger partial charge in [0.1, 0.15) is 0 Å². The van der Waals surface area contributed by atoms with E-state index in [-0.39, 0.29) is 23.1 Å². The van der Waals surface area contributed by atoms with Gasteiger partial charge in [-0.2, -0.15) is 8.42 Å². The summed E-state index contributed by atoms with van der Waals surface area (Å²) in [7, 11) is -3.70. The first-order chi connectivity index (χ1) is 4.06. The zero-order valence-corrected chi connectivity index (χ0v) is 6.32. The Kier molecular flexibility index (Phi) is 8.06. The second-order valence-corrected chi connectivity index (χ2v) is 3.57. The van der Waals surface area contributed by atoms with Gasteiger partial charge >= 0.3 is 0 Å². The van der Waals surface area contributed by atoms with E-state index in [0.717, 1.165) is 12.8 Å². The van der Waals surface area contributed by atoms with Crippen molar-refractivity contribution in [3.05, 3.63) is 0 Å². The maximum absolute atomic E-state index is 10.1. The van der Waals surface area contributed by atoms with Gasteiger partial charge in [0.15, 0.2) is 17.4 Å². The van der Waals surface area contributed by atoms with E-state index in [1.54, 1.807) is 0 Å². The highest BCUT2D eigenvalue weighted by Gasteiger charge is 2.01. The average Bonchev–Trinajstić information content (AvgIpc) is 1.63. The molecule has 0 atom stereocenters. The Morgan fingerprint density at radius 3 is 2.10 bits per heavy atom. The van der Waals surface area contributed by atoms with Crippen LogP contribution in [0.5, 0.6) is 0 Å². The van der Waals surface area contributed by atoms with Gasteiger partial charge in [0.2, 0.25) is 0 Å². The Morgan fingerprint density at radius 2 is 1.80 bits per heavy atom. The quantitative estimate of drug-likeness (QED) is 0.374. The molecule has 0 saturated heterocycles. The molecule has 0 unspecified atom stereocenters. The standard InChI is InChI=1S/C5H12O3S.Al.3H/c1-2-3-4-5-9(6,7)8;;;;/h2-5H2,1H3,(H,6,7,8);;;;. The fourth-order valence-electron chi connectivity index (χ4n) is 0.534. The third-order valence-corrected chi connectivity index (χ3v) is 1.81. The van der Waals surface area contributed by atoms with Crippen molar-refractivity contribution in [3.63, 3.8) is 0 Å². The van der Waals surface area contributed by atoms with Crippen LogP contribution in [-0.2, 0) is 10.1 Å². The SMILES string of the molecule is CCCCCS(=O)(=O)O.[AlH3]. The second-order valence-electron chi connectivity index (χ2n) is 1.99. The maximum Gasteiger partial charge on any atom is 0.264 e. The second kappa shape index (κ2) is 6.17. The van der Waals surface area contributed by atoms with Crippen LogP contribution >= 0.6 is 0 Å². The molecule has 3 nitrogen and oxygen atoms in total. The van der Waals surface area contributed by atoms with E-state index in [1.165, 1.54) is 0 Å². The van der Waals surface area contributed by atoms with E-state index in [0.29, 0.717) is 6.42 Å². The summed E-state index contributed by atoms with van der Waals surface area (Å²) in [5, 5.41) is 0. The number of hydrogen-bond donors (Lipinski definition) is 1. The Labute approximate surface area is 72.7 Å². The van der Waals surface area contributed by atoms with Crippen LogP contribution in [0.25, 0.3) is 0 Å². The van der Waals surface area contributed by atoms with Crippen molar-refractivity contribution >= 4 is 27.5 Å². The minimum absolute atomic E-state index is 0. The van der Waals surface area contributed by atoms with Crippen molar-refractivity contribution in [2.45, 2.75) is 26.2 Å². The summed E-state index contributed by atoms with van der Waals surface area (Å²) in [6.07, 6.45) is 2.39. The summed E-state index contributed by atoms with van der Waals surface area (Å²) in [5.74, 6) is -0.0964. The van der Waals surface area contributed by atoms with Crippen LogP contribution in [0.4, 0.5) is 0 Å². The van der Waals surface area contributed by atoms with E-state index in [1.807, 2.05) is 6.92 Å². The minimum atomic E-state index is -3.70. The molecule has 1 N–H and O–H groups in total. The van der Waals surface area contributed by atoms with Crippen LogP contribution < -0.4 is 0 Å². The smallest absolute Gasteiger partial charge is 0.264 e. The molecular formula is C5H15AlO3S. The van der Waals surface area contributed by atoms with E-state index in [9.17, 15) is 8.42 Å². The van der Waals surface area contributed by atoms with Gasteiger partial charge in [-0.15, -0.1) is 0 Å². The molecule has 0 aliphatic heterocycles. The van der Waals surface area contributed by atoms with Crippen molar-refractivity contribution in [1.82, 2.24) is 0 Å². The van der Waals surface area contributed by atoms with Crippen molar-refractivity contribution in [3.8, 4) is 0 Å². The fourth-order valence-corrected chi connectivity index (χ4v) is 1.10. The first-order valence-electron chi connectivity index (χ1n) is 3.01. The lowest BCUT2D eigenvalue weighted by Gasteiger charge is -1.92. The van der Waals surface area contributed by atoms with Crippen LogP contribution in [0, 0.1) is 0 Å². The summed E-state index contributed by atoms with van der Waals surface area (Å²) in [4.78, 5) is 0. The summed E-state index contributed by atoms with van der Waals surface area (Å²) >= 11 is 0. The molecule has 5 heteroatoms. The van der Waals surface area contributed by atoms with Crippen molar-refractivity contribution in [2.75, 3.05) is 5.75 Å². The van der Waals surface area contributed by atoms with Gasteiger partial charge in [0.05, 0.1) is 5.75 Å². The average molecular weight is 182 g/mol. The van der Waals surface area contributed by atoms with Crippen LogP contribution in [0.15, 0.2) is 0 Å². The molecule has 0 aromatic heterocycles. The third-order valence-electron chi connectivity index (χ3n) is 1.01. The van der Waals surface area contributed by atoms with E-state index in [2.05, 4.69) is 0 Å². The topological polar surface area (TPSA) is 54.4 Å². The monoisotopic (exact) mass is 182 g/mol. The number of unbranched alkanes of at least 4 members (excludes halogenated alkanes) is 2. The lowest BCUT2D eigenvalue weighted by Crippen LogP contribution is -2.02. The summed E-state index contributed by atoms with van der Waals surface area (Å²) in [6.45, 7) is 1.98. The first-order valence-corrected chi connectivity index (χ1v) is 4.62. The molecular weight excluding hydrogens is 167 g/mol. The van der Waals surface area contributed by atoms with Gasteiger partial charge in [0, 0.05) is 0 Å². The molecule has 0 aliphatic rings. The van der Waals surface area contributed by atoms with Crippen molar-refractivity contribution < 1.29 is 13.0 Å². The zero-order valence-electron chi connectivity index (χ0n) is 5.50. The molecule has 0 aromatic rings. The minimum Gasteiger partial charge on any atom is -0.286 e. The molecule has 0 bridgehead atoms. The summed E-state index contributed by atoms with van der Waals surface area (Å²) < 4.78 is 28.3. The van der Waals surface area contributed by atoms with Gasteiger partial charge in [0.25, 0.3) is 10.1 Å². The van der Waals surface area contributed by atoms with Crippen LogP contribution in [-0.4, -0.2) is 36.1 Å². The van der Waals surface area contributed by atoms with E-state index >= 15 is 0 Å². The molecule has 62 valence electrons. The summed E-state index contributed by atoms with van der Waals surface area (Å²) in [5.41, 5.74) is 0. The number of rotatable bonds is 4. The molecule has 10 heavy (non-hydrogen) atoms. The molecule has 0 saturated carbocycles. The molecule has 0 radical (unpaired) electrons. The Hall–Kier alpha value is 0.442. The highest BCUT2D eigenvalue weighted by atomic mass is 32.2. The molecule has 0 fully saturated rings. The zero-order chi connectivity index (χ0) is 7.33. The van der Waals surface area contributed by atoms with Crippen molar-refractivity contribution in [1.29, 1.82) is 0 Å². The highest BCUT2D eigenvalue weighted by Crippen LogP contribution is 1.96. The first kappa shape index (κ1) is 13.1. The maximum atomic E-state index is 10.1. The van der Waals surface area contributed by atoms with E-state index < -0.39 is 10.1 Å². The molecule has 0 amide bonds. The van der Waals surface area contributed by atoms with Crippen LogP contribution in [0.2, 0.25) is 0 Å². The van der Waals surface area contributed by atoms with Gasteiger partial charge in [-0.25, -0.2) is 0 Å². The highest BCUT2D eigenvalue weighted by molar-refractivity contribution is 7.85. The predicted octanol–water partition coefficient (Wildman–Crippen LogP) is -0.119. The molecule has 0 rings (SSSR count). The fraction of sp³-hybridized carbons (Fsp3) is 1.00.